The molecule has 7 heteroatoms. The van der Waals surface area contributed by atoms with Crippen LogP contribution in [0.1, 0.15) is 0 Å². The first kappa shape index (κ1) is 10.1. The van der Waals surface area contributed by atoms with Crippen LogP contribution in [0.4, 0.5) is 19.4 Å². The molecule has 0 aromatic heterocycles. The summed E-state index contributed by atoms with van der Waals surface area (Å²) in [6.07, 6.45) is 0. The van der Waals surface area contributed by atoms with Crippen molar-refractivity contribution in [2.45, 2.75) is 0 Å². The third-order valence-corrected chi connectivity index (χ3v) is 1.50. The summed E-state index contributed by atoms with van der Waals surface area (Å²) in [5.41, 5.74) is 0. The van der Waals surface area contributed by atoms with Gasteiger partial charge in [-0.15, -0.1) is 0 Å². The minimum atomic E-state index is -9.79. The van der Waals surface area contributed by atoms with E-state index in [1.165, 1.54) is 18.2 Å². The summed E-state index contributed by atoms with van der Waals surface area (Å²) in [6, 6.07) is 5.33. The second kappa shape index (κ2) is 2.09. The van der Waals surface area contributed by atoms with Crippen molar-refractivity contribution < 1.29 is 23.6 Å². The Bertz CT molecular complexity index is 303. The zero-order valence-corrected chi connectivity index (χ0v) is 6.91. The van der Waals surface area contributed by atoms with E-state index < -0.39 is 16.3 Å². The van der Waals surface area contributed by atoms with Crippen molar-refractivity contribution >= 4 is 10.5 Å². The van der Waals surface area contributed by atoms with Crippen molar-refractivity contribution in [3.8, 4) is 5.75 Å². The van der Waals surface area contributed by atoms with E-state index in [4.69, 9.17) is 0 Å². The summed E-state index contributed by atoms with van der Waals surface area (Å²) < 4.78 is 61.2. The van der Waals surface area contributed by atoms with Gasteiger partial charge in [0.05, 0.1) is 0 Å². The van der Waals surface area contributed by atoms with E-state index in [1.54, 1.807) is 0 Å². The molecule has 0 unspecified atom stereocenters. The van der Waals surface area contributed by atoms with Gasteiger partial charge in [0.25, 0.3) is 0 Å². The molecular weight excluding hydrogens is 215 g/mol. The number of para-hydroxylation sites is 1. The molecule has 0 bridgehead atoms. The third kappa shape index (κ3) is 4.56. The number of benzene rings is 1. The molecule has 0 aliphatic heterocycles. The van der Waals surface area contributed by atoms with Crippen LogP contribution in [0.2, 0.25) is 0 Å². The molecule has 0 atom stereocenters. The molecule has 76 valence electrons. The first-order valence-electron chi connectivity index (χ1n) is 3.05. The lowest BCUT2D eigenvalue weighted by molar-refractivity contribution is 0.243. The lowest BCUT2D eigenvalue weighted by atomic mass is 10.3. The maximum atomic E-state index is 11.7. The molecule has 1 aromatic rings. The average Bonchev–Trinajstić information content (AvgIpc) is 1.82. The van der Waals surface area contributed by atoms with Gasteiger partial charge in [0, 0.05) is 0 Å². The molecule has 0 aliphatic carbocycles. The van der Waals surface area contributed by atoms with Crippen LogP contribution in [0.5, 0.6) is 5.75 Å². The van der Waals surface area contributed by atoms with Gasteiger partial charge in [-0.3, -0.25) is 0 Å². The monoisotopic (exact) mass is 220 g/mol. The first-order valence-corrected chi connectivity index (χ1v) is 4.93. The largest absolute Gasteiger partial charge is 0.435 e. The van der Waals surface area contributed by atoms with Crippen molar-refractivity contribution in [1.29, 1.82) is 0 Å². The molecule has 13 heavy (non-hydrogen) atoms. The maximum Gasteiger partial charge on any atom is 0.435 e. The number of rotatable bonds is 2. The van der Waals surface area contributed by atoms with E-state index in [-0.39, 0.29) is 0 Å². The normalized spacial score (nSPS) is 17.3. The van der Waals surface area contributed by atoms with Crippen molar-refractivity contribution in [2.24, 2.45) is 0 Å². The molecule has 0 spiro atoms. The smallest absolute Gasteiger partial charge is 0.355 e. The summed E-state index contributed by atoms with van der Waals surface area (Å²) in [4.78, 5) is 0. The van der Waals surface area contributed by atoms with E-state index >= 15 is 0 Å². The number of hydrogen-bond acceptors (Lipinski definition) is 1. The van der Waals surface area contributed by atoms with E-state index in [1.807, 2.05) is 0 Å². The molecular formula is C6H5F5OS. The van der Waals surface area contributed by atoms with Crippen LogP contribution in [-0.4, -0.2) is 0 Å². The van der Waals surface area contributed by atoms with Crippen molar-refractivity contribution in [1.82, 2.24) is 0 Å². The Hall–Kier alpha value is -0.980. The molecule has 0 radical (unpaired) electrons. The van der Waals surface area contributed by atoms with Gasteiger partial charge in [-0.2, -0.15) is 0 Å². The Morgan fingerprint density at radius 2 is 1.31 bits per heavy atom. The second-order valence-electron chi connectivity index (χ2n) is 2.29. The van der Waals surface area contributed by atoms with Crippen LogP contribution in [0, 0.1) is 0 Å². The first-order chi connectivity index (χ1) is 5.55. The van der Waals surface area contributed by atoms with E-state index in [0.29, 0.717) is 0 Å². The fraction of sp³-hybridized carbons (Fsp3) is 0. The summed E-state index contributed by atoms with van der Waals surface area (Å²) in [5, 5.41) is 0. The Balaban J connectivity index is 2.96. The lowest BCUT2D eigenvalue weighted by Gasteiger charge is -2.38. The average molecular weight is 220 g/mol. The number of hydrogen-bond donors (Lipinski definition) is 0. The van der Waals surface area contributed by atoms with Crippen molar-refractivity contribution in [3.05, 3.63) is 30.3 Å². The van der Waals surface area contributed by atoms with Gasteiger partial charge >= 0.3 is 10.5 Å². The van der Waals surface area contributed by atoms with E-state index in [0.717, 1.165) is 12.1 Å². The standard InChI is InChI=1S/C6H5F5OS/c7-13(8,9,10,11)12-6-4-2-1-3-5-6/h1-5H. The maximum absolute atomic E-state index is 11.7. The lowest BCUT2D eigenvalue weighted by Crippen LogP contribution is -2.13. The molecule has 0 saturated carbocycles. The Morgan fingerprint density at radius 3 is 1.69 bits per heavy atom. The van der Waals surface area contributed by atoms with Gasteiger partial charge in [-0.05, 0) is 12.1 Å². The van der Waals surface area contributed by atoms with Gasteiger partial charge < -0.3 is 4.18 Å². The summed E-state index contributed by atoms with van der Waals surface area (Å²) in [6.45, 7) is 0. The molecule has 1 nitrogen and oxygen atoms in total. The van der Waals surface area contributed by atoms with Crippen molar-refractivity contribution in [2.75, 3.05) is 0 Å². The van der Waals surface area contributed by atoms with Crippen molar-refractivity contribution in [3.63, 3.8) is 0 Å². The van der Waals surface area contributed by atoms with Crippen LogP contribution < -0.4 is 4.18 Å². The predicted molar refractivity (Wildman–Crippen MR) is 40.2 cm³/mol. The Labute approximate surface area is 71.1 Å². The highest BCUT2D eigenvalue weighted by molar-refractivity contribution is 8.42. The topological polar surface area (TPSA) is 9.23 Å². The Kier molecular flexibility index (Phi) is 1.62. The fourth-order valence-corrected chi connectivity index (χ4v) is 1.13. The fourth-order valence-electron chi connectivity index (χ4n) is 0.658. The zero-order valence-electron chi connectivity index (χ0n) is 6.09. The minimum absolute atomic E-state index is 0.803. The molecule has 0 aliphatic rings. The summed E-state index contributed by atoms with van der Waals surface area (Å²) in [5.74, 6) is -0.915. The molecule has 1 rings (SSSR count). The van der Waals surface area contributed by atoms with Gasteiger partial charge in [0.15, 0.2) is 0 Å². The highest BCUT2D eigenvalue weighted by atomic mass is 32.5. The SMILES string of the molecule is FS(F)(F)(F)(F)Oc1ccccc1. The van der Waals surface area contributed by atoms with Gasteiger partial charge in [0.1, 0.15) is 5.75 Å². The molecule has 0 N–H and O–H groups in total. The van der Waals surface area contributed by atoms with Gasteiger partial charge in [0.2, 0.25) is 0 Å². The summed E-state index contributed by atoms with van der Waals surface area (Å²) in [7, 11) is -9.79. The zero-order chi connectivity index (χ0) is 10.2. The van der Waals surface area contributed by atoms with Crippen LogP contribution >= 0.6 is 10.5 Å². The van der Waals surface area contributed by atoms with Gasteiger partial charge in [-0.25, -0.2) is 0 Å². The number of halogens is 5. The molecule has 0 saturated heterocycles. The second-order valence-corrected chi connectivity index (χ2v) is 4.26. The molecule has 0 heterocycles. The van der Waals surface area contributed by atoms with Gasteiger partial charge in [-0.1, -0.05) is 37.6 Å². The highest BCUT2D eigenvalue weighted by Crippen LogP contribution is 2.97. The highest BCUT2D eigenvalue weighted by Gasteiger charge is 2.67. The van der Waals surface area contributed by atoms with Crippen LogP contribution in [0.15, 0.2) is 30.3 Å². The third-order valence-electron chi connectivity index (χ3n) is 0.997. The van der Waals surface area contributed by atoms with E-state index in [2.05, 4.69) is 4.18 Å². The predicted octanol–water partition coefficient (Wildman–Crippen LogP) is 4.28. The molecule has 0 fully saturated rings. The molecule has 0 amide bonds. The van der Waals surface area contributed by atoms with Crippen LogP contribution in [0.25, 0.3) is 0 Å². The van der Waals surface area contributed by atoms with E-state index in [9.17, 15) is 19.4 Å². The minimum Gasteiger partial charge on any atom is -0.355 e. The Morgan fingerprint density at radius 1 is 0.846 bits per heavy atom. The van der Waals surface area contributed by atoms with Crippen LogP contribution in [0.3, 0.4) is 0 Å². The van der Waals surface area contributed by atoms with Crippen LogP contribution in [-0.2, 0) is 0 Å². The quantitative estimate of drug-likeness (QED) is 0.676. The summed E-state index contributed by atoms with van der Waals surface area (Å²) >= 11 is 0. The molecule has 1 aromatic carbocycles.